The van der Waals surface area contributed by atoms with E-state index in [9.17, 15) is 4.79 Å². The summed E-state index contributed by atoms with van der Waals surface area (Å²) in [6.45, 7) is 0.849. The fourth-order valence-electron chi connectivity index (χ4n) is 2.12. The smallest absolute Gasteiger partial charge is 0.265 e. The first-order valence-electron chi connectivity index (χ1n) is 5.13. The molecule has 2 atom stereocenters. The van der Waals surface area contributed by atoms with Crippen LogP contribution in [0.2, 0.25) is 0 Å². The Kier molecular flexibility index (Phi) is 1.89. The van der Waals surface area contributed by atoms with Crippen molar-refractivity contribution in [3.05, 3.63) is 35.0 Å². The first kappa shape index (κ1) is 8.73. The van der Waals surface area contributed by atoms with Crippen molar-refractivity contribution in [1.29, 1.82) is 0 Å². The van der Waals surface area contributed by atoms with Crippen molar-refractivity contribution in [3.8, 4) is 0 Å². The molecule has 0 bridgehead atoms. The van der Waals surface area contributed by atoms with Gasteiger partial charge in [-0.15, -0.1) is 0 Å². The topological polar surface area (TPSA) is 53.8 Å². The Morgan fingerprint density at radius 2 is 2.07 bits per heavy atom. The average molecular weight is 201 g/mol. The van der Waals surface area contributed by atoms with Crippen molar-refractivity contribution in [2.24, 2.45) is 9.98 Å². The predicted molar refractivity (Wildman–Crippen MR) is 54.0 cm³/mol. The molecule has 1 aromatic carbocycles. The van der Waals surface area contributed by atoms with E-state index in [-0.39, 0.29) is 18.0 Å². The van der Waals surface area contributed by atoms with Gasteiger partial charge in [-0.3, -0.25) is 9.79 Å². The molecule has 15 heavy (non-hydrogen) atoms. The second kappa shape index (κ2) is 3.24. The van der Waals surface area contributed by atoms with Crippen LogP contribution < -0.4 is 16.0 Å². The molecule has 1 amide bonds. The molecule has 1 N–H and O–H groups in total. The summed E-state index contributed by atoms with van der Waals surface area (Å²) in [5, 5.41) is 4.67. The minimum atomic E-state index is -0.211. The Hall–Kier alpha value is -1.55. The van der Waals surface area contributed by atoms with Gasteiger partial charge in [0.15, 0.2) is 0 Å². The molecule has 2 aliphatic rings. The van der Waals surface area contributed by atoms with Gasteiger partial charge in [0.05, 0.1) is 16.8 Å². The van der Waals surface area contributed by atoms with Crippen LogP contribution >= 0.6 is 0 Å². The Balaban J connectivity index is 2.26. The van der Waals surface area contributed by atoms with E-state index in [1.807, 2.05) is 24.3 Å². The molecule has 1 aromatic rings. The largest absolute Gasteiger partial charge is 0.304 e. The van der Waals surface area contributed by atoms with Crippen LogP contribution in [-0.4, -0.2) is 24.5 Å². The molecule has 0 aliphatic carbocycles. The Bertz CT molecular complexity index is 523. The van der Waals surface area contributed by atoms with Gasteiger partial charge >= 0.3 is 0 Å². The zero-order valence-corrected chi connectivity index (χ0v) is 8.18. The van der Waals surface area contributed by atoms with Crippen molar-refractivity contribution >= 4 is 5.91 Å². The Morgan fingerprint density at radius 1 is 1.27 bits per heavy atom. The number of para-hydroxylation sites is 2. The van der Waals surface area contributed by atoms with Crippen LogP contribution in [0.1, 0.15) is 6.42 Å². The number of hydrogen-bond acceptors (Lipinski definition) is 3. The van der Waals surface area contributed by atoms with Crippen LogP contribution in [0.25, 0.3) is 0 Å². The highest BCUT2D eigenvalue weighted by molar-refractivity contribution is 5.84. The van der Waals surface area contributed by atoms with E-state index >= 15 is 0 Å². The summed E-state index contributed by atoms with van der Waals surface area (Å²) in [5.74, 6) is -0.0915. The average Bonchev–Trinajstić information content (AvgIpc) is 2.64. The number of rotatable bonds is 0. The van der Waals surface area contributed by atoms with Gasteiger partial charge in [-0.1, -0.05) is 12.1 Å². The molecule has 2 heterocycles. The minimum Gasteiger partial charge on any atom is -0.304 e. The van der Waals surface area contributed by atoms with Gasteiger partial charge < -0.3 is 5.32 Å². The SMILES string of the molecule is O=C1N=c2ccccc2=NC2CCNC12. The van der Waals surface area contributed by atoms with Crippen molar-refractivity contribution in [3.63, 3.8) is 0 Å². The van der Waals surface area contributed by atoms with Crippen molar-refractivity contribution in [2.75, 3.05) is 6.54 Å². The lowest BCUT2D eigenvalue weighted by Gasteiger charge is -2.08. The Morgan fingerprint density at radius 3 is 2.93 bits per heavy atom. The number of benzene rings is 1. The number of nitrogens with zero attached hydrogens (tertiary/aromatic N) is 2. The van der Waals surface area contributed by atoms with Crippen LogP contribution in [0.4, 0.5) is 0 Å². The van der Waals surface area contributed by atoms with Gasteiger partial charge in [-0.2, -0.15) is 0 Å². The van der Waals surface area contributed by atoms with Crippen LogP contribution in [0.3, 0.4) is 0 Å². The Labute approximate surface area is 86.7 Å². The fraction of sp³-hybridized carbons (Fsp3) is 0.364. The van der Waals surface area contributed by atoms with E-state index in [1.54, 1.807) is 0 Å². The number of carbonyl (C=O) groups is 1. The summed E-state index contributed by atoms with van der Waals surface area (Å²) in [5.41, 5.74) is 0. The minimum absolute atomic E-state index is 0.0601. The quantitative estimate of drug-likeness (QED) is 0.597. The zero-order valence-electron chi connectivity index (χ0n) is 8.18. The monoisotopic (exact) mass is 201 g/mol. The third-order valence-electron chi connectivity index (χ3n) is 2.87. The van der Waals surface area contributed by atoms with Crippen molar-refractivity contribution in [2.45, 2.75) is 18.5 Å². The summed E-state index contributed by atoms with van der Waals surface area (Å²) in [7, 11) is 0. The van der Waals surface area contributed by atoms with Gasteiger partial charge in [-0.05, 0) is 25.1 Å². The third-order valence-corrected chi connectivity index (χ3v) is 2.87. The summed E-state index contributed by atoms with van der Waals surface area (Å²) >= 11 is 0. The molecule has 0 aromatic heterocycles. The number of fused-ring (bicyclic) bond motifs is 2. The lowest BCUT2D eigenvalue weighted by molar-refractivity contribution is -0.119. The first-order valence-corrected chi connectivity index (χ1v) is 5.13. The summed E-state index contributed by atoms with van der Waals surface area (Å²) in [6.07, 6.45) is 0.917. The van der Waals surface area contributed by atoms with Gasteiger partial charge in [0.2, 0.25) is 0 Å². The first-order chi connectivity index (χ1) is 7.34. The second-order valence-corrected chi connectivity index (χ2v) is 3.86. The summed E-state index contributed by atoms with van der Waals surface area (Å²) in [6, 6.07) is 7.39. The molecule has 0 saturated carbocycles. The van der Waals surface area contributed by atoms with E-state index < -0.39 is 0 Å². The van der Waals surface area contributed by atoms with Crippen LogP contribution in [0.15, 0.2) is 34.3 Å². The lowest BCUT2D eigenvalue weighted by atomic mass is 10.1. The maximum absolute atomic E-state index is 11.8. The highest BCUT2D eigenvalue weighted by Gasteiger charge is 2.33. The van der Waals surface area contributed by atoms with E-state index in [1.165, 1.54) is 0 Å². The third kappa shape index (κ3) is 1.37. The standard InChI is InChI=1S/C11H11N3O/c15-11-10-9(5-6-12-10)13-7-3-1-2-4-8(7)14-11/h1-4,9-10,12H,5-6H2. The van der Waals surface area contributed by atoms with Crippen LogP contribution in [-0.2, 0) is 4.79 Å². The van der Waals surface area contributed by atoms with Gasteiger partial charge in [0.1, 0.15) is 6.04 Å². The molecule has 0 radical (unpaired) electrons. The number of carbonyl (C=O) groups excluding carboxylic acids is 1. The molecule has 4 heteroatoms. The molecular weight excluding hydrogens is 190 g/mol. The molecule has 2 unspecified atom stereocenters. The molecule has 0 spiro atoms. The van der Waals surface area contributed by atoms with Gasteiger partial charge in [0.25, 0.3) is 5.91 Å². The highest BCUT2D eigenvalue weighted by Crippen LogP contribution is 2.12. The number of hydrogen-bond donors (Lipinski definition) is 1. The molecule has 4 nitrogen and oxygen atoms in total. The molecule has 1 saturated heterocycles. The normalized spacial score (nSPS) is 28.4. The molecule has 1 fully saturated rings. The van der Waals surface area contributed by atoms with Gasteiger partial charge in [-0.25, -0.2) is 4.99 Å². The number of amides is 1. The van der Waals surface area contributed by atoms with Crippen LogP contribution in [0, 0.1) is 0 Å². The lowest BCUT2D eigenvalue weighted by Crippen LogP contribution is -2.36. The molecule has 2 aliphatic heterocycles. The fourth-order valence-corrected chi connectivity index (χ4v) is 2.12. The van der Waals surface area contributed by atoms with Crippen molar-refractivity contribution < 1.29 is 4.79 Å². The van der Waals surface area contributed by atoms with Crippen LogP contribution in [0.5, 0.6) is 0 Å². The number of nitrogens with one attached hydrogen (secondary N) is 1. The maximum Gasteiger partial charge on any atom is 0.265 e. The predicted octanol–water partition coefficient (Wildman–Crippen LogP) is -0.803. The molecular formula is C11H11N3O. The van der Waals surface area contributed by atoms with Crippen molar-refractivity contribution in [1.82, 2.24) is 5.32 Å². The molecule has 76 valence electrons. The summed E-state index contributed by atoms with van der Waals surface area (Å²) < 4.78 is 0. The van der Waals surface area contributed by atoms with Gasteiger partial charge in [0, 0.05) is 0 Å². The second-order valence-electron chi connectivity index (χ2n) is 3.86. The van der Waals surface area contributed by atoms with E-state index in [0.717, 1.165) is 18.3 Å². The summed E-state index contributed by atoms with van der Waals surface area (Å²) in [4.78, 5) is 20.4. The van der Waals surface area contributed by atoms with E-state index in [2.05, 4.69) is 15.3 Å². The zero-order chi connectivity index (χ0) is 10.3. The van der Waals surface area contributed by atoms with E-state index in [4.69, 9.17) is 0 Å². The molecule has 3 rings (SSSR count). The highest BCUT2D eigenvalue weighted by atomic mass is 16.1. The maximum atomic E-state index is 11.8. The van der Waals surface area contributed by atoms with E-state index in [0.29, 0.717) is 5.36 Å².